The van der Waals surface area contributed by atoms with Crippen molar-refractivity contribution < 1.29 is 51.6 Å². The van der Waals surface area contributed by atoms with Crippen molar-refractivity contribution in [2.24, 2.45) is 0 Å². The van der Waals surface area contributed by atoms with Crippen molar-refractivity contribution in [1.29, 1.82) is 0 Å². The second kappa shape index (κ2) is 33.6. The van der Waals surface area contributed by atoms with Crippen LogP contribution in [-0.4, -0.2) is 86.1 Å². The second-order valence-corrected chi connectivity index (χ2v) is 17.9. The van der Waals surface area contributed by atoms with Crippen LogP contribution in [0, 0.1) is 13.8 Å². The largest absolute Gasteiger partial charge is 0.472 e. The van der Waals surface area contributed by atoms with Crippen LogP contribution in [0.3, 0.4) is 0 Å². The maximum atomic E-state index is 12.8. The summed E-state index contributed by atoms with van der Waals surface area (Å²) in [7, 11) is 1.37. The number of aliphatic hydroxyl groups is 1. The lowest BCUT2D eigenvalue weighted by Crippen LogP contribution is -2.37. The summed E-state index contributed by atoms with van der Waals surface area (Å²) in [5.74, 6) is 1.31. The molecule has 0 aliphatic carbocycles. The summed E-state index contributed by atoms with van der Waals surface area (Å²) in [5.41, 5.74) is 2.58. The van der Waals surface area contributed by atoms with Gasteiger partial charge in [0, 0.05) is 25.7 Å². The fraction of sp³-hybridized carbons (Fsp3) is 0.667. The lowest BCUT2D eigenvalue weighted by molar-refractivity contribution is -0.870. The lowest BCUT2D eigenvalue weighted by atomic mass is 10.0. The van der Waals surface area contributed by atoms with E-state index < -0.39 is 38.6 Å². The van der Waals surface area contributed by atoms with Crippen molar-refractivity contribution in [1.82, 2.24) is 0 Å². The molecule has 1 heterocycles. The molecule has 1 rings (SSSR count). The standard InChI is InChI=1S/C48H80NO10P/c1-8-10-12-13-20-26-31-43(50)32-27-21-16-14-15-17-23-29-35-47(51)55-39-44(40-57-60(53,54)56-38-37-49(5,6)7)58-48(52)36-30-24-19-18-22-28-34-46-42(4)41(3)45(59-46)33-25-11-9-2/h10,12,15-17,20-21,26-27,32,43-44,50H,8-9,11,13-14,18-19,22-25,28-31,33-40H2,1-7H3/p+1/b12-10-,17-15-,21-16-,26-20-,32-27+/t43?,44-/m1/s1. The lowest BCUT2D eigenvalue weighted by Gasteiger charge is -2.24. The number of carbonyl (C=O) groups is 2. The Bertz CT molecular complexity index is 1500. The first kappa shape index (κ1) is 55.0. The van der Waals surface area contributed by atoms with Gasteiger partial charge in [0.25, 0.3) is 0 Å². The number of unbranched alkanes of at least 4 members (excludes halogenated alkanes) is 8. The molecular weight excluding hydrogens is 781 g/mol. The Kier molecular flexibility index (Phi) is 30.7. The number of allylic oxidation sites excluding steroid dienone is 8. The molecule has 0 aliphatic heterocycles. The molecule has 11 nitrogen and oxygen atoms in total. The summed E-state index contributed by atoms with van der Waals surface area (Å²) in [6.07, 6.45) is 34.3. The van der Waals surface area contributed by atoms with Crippen molar-refractivity contribution in [3.63, 3.8) is 0 Å². The van der Waals surface area contributed by atoms with Crippen molar-refractivity contribution in [3.8, 4) is 0 Å². The third-order valence-corrected chi connectivity index (χ3v) is 10.8. The minimum Gasteiger partial charge on any atom is -0.466 e. The Morgan fingerprint density at radius 2 is 1.35 bits per heavy atom. The topological polar surface area (TPSA) is 142 Å². The molecule has 0 saturated heterocycles. The number of aryl methyl sites for hydroxylation is 2. The van der Waals surface area contributed by atoms with Gasteiger partial charge < -0.3 is 28.4 Å². The number of rotatable bonds is 36. The van der Waals surface area contributed by atoms with E-state index in [0.717, 1.165) is 75.7 Å². The van der Waals surface area contributed by atoms with E-state index in [2.05, 4.69) is 45.9 Å². The van der Waals surface area contributed by atoms with E-state index in [-0.39, 0.29) is 26.1 Å². The predicted octanol–water partition coefficient (Wildman–Crippen LogP) is 11.1. The van der Waals surface area contributed by atoms with Gasteiger partial charge in [0.1, 0.15) is 31.3 Å². The number of esters is 2. The Labute approximate surface area is 363 Å². The minimum atomic E-state index is -4.42. The molecule has 3 atom stereocenters. The number of furan rings is 1. The molecule has 12 heteroatoms. The number of carbonyl (C=O) groups excluding carboxylic acids is 2. The average molecular weight is 863 g/mol. The maximum absolute atomic E-state index is 12.8. The number of quaternary nitrogens is 1. The highest BCUT2D eigenvalue weighted by Gasteiger charge is 2.27. The van der Waals surface area contributed by atoms with Crippen LogP contribution in [0.2, 0.25) is 0 Å². The maximum Gasteiger partial charge on any atom is 0.472 e. The Balaban J connectivity index is 2.45. The third-order valence-electron chi connectivity index (χ3n) is 9.85. The fourth-order valence-corrected chi connectivity index (χ4v) is 6.76. The van der Waals surface area contributed by atoms with E-state index in [1.165, 1.54) is 30.4 Å². The van der Waals surface area contributed by atoms with Crippen molar-refractivity contribution in [2.75, 3.05) is 47.5 Å². The van der Waals surface area contributed by atoms with Gasteiger partial charge in [-0.15, -0.1) is 0 Å². The Hall–Kier alpha value is -3.05. The van der Waals surface area contributed by atoms with Crippen LogP contribution in [0.5, 0.6) is 0 Å². The number of phosphoric acid groups is 1. The Morgan fingerprint density at radius 3 is 2.03 bits per heavy atom. The van der Waals surface area contributed by atoms with Crippen molar-refractivity contribution in [3.05, 3.63) is 83.4 Å². The normalized spacial score (nSPS) is 14.6. The number of aliphatic hydroxyl groups excluding tert-OH is 1. The van der Waals surface area contributed by atoms with E-state index in [1.807, 2.05) is 57.6 Å². The van der Waals surface area contributed by atoms with Crippen molar-refractivity contribution in [2.45, 2.75) is 162 Å². The first-order valence-electron chi connectivity index (χ1n) is 22.5. The van der Waals surface area contributed by atoms with Crippen molar-refractivity contribution >= 4 is 19.8 Å². The van der Waals surface area contributed by atoms with Crippen LogP contribution >= 0.6 is 7.82 Å². The van der Waals surface area contributed by atoms with Gasteiger partial charge >= 0.3 is 19.8 Å². The zero-order valence-corrected chi connectivity index (χ0v) is 39.1. The molecule has 2 N–H and O–H groups in total. The smallest absolute Gasteiger partial charge is 0.466 e. The summed E-state index contributed by atoms with van der Waals surface area (Å²) in [6, 6.07) is 0. The zero-order valence-electron chi connectivity index (χ0n) is 38.2. The van der Waals surface area contributed by atoms with E-state index in [0.29, 0.717) is 36.7 Å². The monoisotopic (exact) mass is 863 g/mol. The molecule has 0 spiro atoms. The molecule has 1 aromatic heterocycles. The molecule has 0 saturated carbocycles. The zero-order chi connectivity index (χ0) is 44.5. The summed E-state index contributed by atoms with van der Waals surface area (Å²) in [5, 5.41) is 10.0. The van der Waals surface area contributed by atoms with Crippen LogP contribution < -0.4 is 0 Å². The van der Waals surface area contributed by atoms with Crippen LogP contribution in [0.1, 0.15) is 146 Å². The molecular formula is C48H81NO10P+. The summed E-state index contributed by atoms with van der Waals surface area (Å²) in [4.78, 5) is 35.5. The van der Waals surface area contributed by atoms with Gasteiger partial charge in [-0.3, -0.25) is 18.6 Å². The van der Waals surface area contributed by atoms with E-state index in [9.17, 15) is 24.2 Å². The quantitative estimate of drug-likeness (QED) is 0.0167. The molecule has 0 amide bonds. The predicted molar refractivity (Wildman–Crippen MR) is 243 cm³/mol. The second-order valence-electron chi connectivity index (χ2n) is 16.5. The Morgan fingerprint density at radius 1 is 0.733 bits per heavy atom. The molecule has 0 radical (unpaired) electrons. The summed E-state index contributed by atoms with van der Waals surface area (Å²) < 4.78 is 40.5. The number of nitrogens with zero attached hydrogens (tertiary/aromatic N) is 1. The van der Waals surface area contributed by atoms with Gasteiger partial charge in [0.05, 0.1) is 33.9 Å². The molecule has 2 unspecified atom stereocenters. The molecule has 1 aromatic rings. The SMILES string of the molecule is CC/C=C\C/C=C\CC(O)/C=C/C=C\C/C=C\CCCC(=O)OC[C@H](COP(=O)(O)OCC[N+](C)(C)C)OC(=O)CCCCCCCCc1oc(CCCCC)c(C)c1C. The third kappa shape index (κ3) is 30.1. The molecule has 0 fully saturated rings. The van der Waals surface area contributed by atoms with Gasteiger partial charge in [0.15, 0.2) is 6.10 Å². The van der Waals surface area contributed by atoms with Crippen LogP contribution in [0.4, 0.5) is 0 Å². The van der Waals surface area contributed by atoms with Gasteiger partial charge in [-0.1, -0.05) is 113 Å². The summed E-state index contributed by atoms with van der Waals surface area (Å²) >= 11 is 0. The van der Waals surface area contributed by atoms with Gasteiger partial charge in [0.2, 0.25) is 0 Å². The van der Waals surface area contributed by atoms with E-state index in [1.54, 1.807) is 6.08 Å². The number of ether oxygens (including phenoxy) is 2. The highest BCUT2D eigenvalue weighted by Crippen LogP contribution is 2.43. The number of phosphoric ester groups is 1. The molecule has 60 heavy (non-hydrogen) atoms. The van der Waals surface area contributed by atoms with E-state index >= 15 is 0 Å². The van der Waals surface area contributed by atoms with Crippen LogP contribution in [-0.2, 0) is 45.5 Å². The minimum absolute atomic E-state index is 0.000656. The molecule has 342 valence electrons. The number of hydrogen-bond donors (Lipinski definition) is 2. The summed E-state index contributed by atoms with van der Waals surface area (Å²) in [6.45, 7) is 8.37. The van der Waals surface area contributed by atoms with Crippen LogP contribution in [0.15, 0.2) is 65.2 Å². The first-order valence-corrected chi connectivity index (χ1v) is 24.0. The first-order chi connectivity index (χ1) is 28.7. The number of likely N-dealkylation sites (N-methyl/N-ethyl adjacent to an activating group) is 1. The van der Waals surface area contributed by atoms with Gasteiger partial charge in [-0.2, -0.15) is 0 Å². The molecule has 0 bridgehead atoms. The van der Waals surface area contributed by atoms with Crippen LogP contribution in [0.25, 0.3) is 0 Å². The fourth-order valence-electron chi connectivity index (χ4n) is 6.02. The van der Waals surface area contributed by atoms with Gasteiger partial charge in [-0.05, 0) is 82.8 Å². The van der Waals surface area contributed by atoms with Gasteiger partial charge in [-0.25, -0.2) is 4.57 Å². The molecule has 0 aromatic carbocycles. The highest BCUT2D eigenvalue weighted by atomic mass is 31.2. The van der Waals surface area contributed by atoms with E-state index in [4.69, 9.17) is 22.9 Å². The average Bonchev–Trinajstić information content (AvgIpc) is 3.46. The number of hydrogen-bond acceptors (Lipinski definition) is 9. The molecule has 0 aliphatic rings. The highest BCUT2D eigenvalue weighted by molar-refractivity contribution is 7.47.